The number of nitrogens with one attached hydrogen (secondary N) is 1. The summed E-state index contributed by atoms with van der Waals surface area (Å²) in [5, 5.41) is 2.96. The fourth-order valence-corrected chi connectivity index (χ4v) is 4.60. The average molecular weight is 490 g/mol. The molecule has 2 heterocycles. The highest BCUT2D eigenvalue weighted by atomic mass is 19.4. The largest absolute Gasteiger partial charge is 0.416 e. The summed E-state index contributed by atoms with van der Waals surface area (Å²) in [6.07, 6.45) is -4.25. The van der Waals surface area contributed by atoms with E-state index in [1.807, 2.05) is 31.2 Å². The van der Waals surface area contributed by atoms with Crippen LogP contribution in [-0.4, -0.2) is 61.0 Å². The van der Waals surface area contributed by atoms with Gasteiger partial charge < -0.3 is 15.0 Å². The van der Waals surface area contributed by atoms with E-state index in [1.54, 1.807) is 4.90 Å². The molecule has 0 aromatic heterocycles. The van der Waals surface area contributed by atoms with Crippen LogP contribution in [0.1, 0.15) is 34.7 Å². The highest BCUT2D eigenvalue weighted by Crippen LogP contribution is 2.31. The van der Waals surface area contributed by atoms with Gasteiger partial charge >= 0.3 is 6.18 Å². The molecule has 2 saturated heterocycles. The molecule has 0 bridgehead atoms. The van der Waals surface area contributed by atoms with Crippen LogP contribution in [0.4, 0.5) is 13.2 Å². The SMILES string of the molecule is Cc1ccc(CN2CC(C(=O)NCC(c3ccc(C(F)(F)F)cc3)N3CCOCC3)CC2=O)cc1. The maximum Gasteiger partial charge on any atom is 0.416 e. The molecule has 2 amide bonds. The first-order valence-corrected chi connectivity index (χ1v) is 11.8. The summed E-state index contributed by atoms with van der Waals surface area (Å²) < 4.78 is 44.4. The van der Waals surface area contributed by atoms with Gasteiger partial charge in [0, 0.05) is 39.1 Å². The first-order valence-electron chi connectivity index (χ1n) is 11.8. The van der Waals surface area contributed by atoms with E-state index < -0.39 is 17.7 Å². The first-order chi connectivity index (χ1) is 16.7. The summed E-state index contributed by atoms with van der Waals surface area (Å²) in [4.78, 5) is 29.3. The maximum atomic E-state index is 13.0. The number of aryl methyl sites for hydroxylation is 1. The third kappa shape index (κ3) is 6.41. The Kier molecular flexibility index (Phi) is 7.76. The molecule has 2 fully saturated rings. The van der Waals surface area contributed by atoms with E-state index in [-0.39, 0.29) is 30.8 Å². The van der Waals surface area contributed by atoms with Gasteiger partial charge in [-0.05, 0) is 30.2 Å². The minimum absolute atomic E-state index is 0.0572. The first kappa shape index (κ1) is 25.2. The van der Waals surface area contributed by atoms with E-state index in [4.69, 9.17) is 4.74 Å². The van der Waals surface area contributed by atoms with Crippen LogP contribution in [-0.2, 0) is 27.0 Å². The van der Waals surface area contributed by atoms with Crippen molar-refractivity contribution < 1.29 is 27.5 Å². The van der Waals surface area contributed by atoms with Gasteiger partial charge in [0.25, 0.3) is 0 Å². The third-order valence-corrected chi connectivity index (χ3v) is 6.66. The van der Waals surface area contributed by atoms with Gasteiger partial charge in [0.15, 0.2) is 0 Å². The van der Waals surface area contributed by atoms with Gasteiger partial charge in [-0.2, -0.15) is 13.2 Å². The topological polar surface area (TPSA) is 61.9 Å². The van der Waals surface area contributed by atoms with Crippen molar-refractivity contribution >= 4 is 11.8 Å². The summed E-state index contributed by atoms with van der Waals surface area (Å²) in [6.45, 7) is 5.34. The molecule has 2 aliphatic rings. The van der Waals surface area contributed by atoms with Crippen molar-refractivity contribution in [2.45, 2.75) is 32.1 Å². The van der Waals surface area contributed by atoms with Gasteiger partial charge in [-0.25, -0.2) is 0 Å². The highest BCUT2D eigenvalue weighted by Gasteiger charge is 2.35. The lowest BCUT2D eigenvalue weighted by Gasteiger charge is -2.35. The molecule has 1 N–H and O–H groups in total. The van der Waals surface area contributed by atoms with Gasteiger partial charge in [0.1, 0.15) is 0 Å². The minimum atomic E-state index is -4.40. The van der Waals surface area contributed by atoms with Crippen LogP contribution in [0.3, 0.4) is 0 Å². The zero-order valence-electron chi connectivity index (χ0n) is 19.7. The van der Waals surface area contributed by atoms with E-state index in [0.717, 1.165) is 23.3 Å². The summed E-state index contributed by atoms with van der Waals surface area (Å²) in [7, 11) is 0. The van der Waals surface area contributed by atoms with Crippen molar-refractivity contribution in [2.75, 3.05) is 39.4 Å². The number of rotatable bonds is 7. The van der Waals surface area contributed by atoms with Gasteiger partial charge in [0.2, 0.25) is 11.8 Å². The van der Waals surface area contributed by atoms with Crippen LogP contribution in [0.5, 0.6) is 0 Å². The van der Waals surface area contributed by atoms with Crippen molar-refractivity contribution in [2.24, 2.45) is 5.92 Å². The molecule has 4 rings (SSSR count). The summed E-state index contributed by atoms with van der Waals surface area (Å²) >= 11 is 0. The number of likely N-dealkylation sites (tertiary alicyclic amines) is 1. The van der Waals surface area contributed by atoms with Crippen LogP contribution in [0, 0.1) is 12.8 Å². The summed E-state index contributed by atoms with van der Waals surface area (Å²) in [6, 6.07) is 12.7. The zero-order chi connectivity index (χ0) is 25.0. The second-order valence-electron chi connectivity index (χ2n) is 9.19. The van der Waals surface area contributed by atoms with E-state index >= 15 is 0 Å². The standard InChI is InChI=1S/C26H30F3N3O3/c1-18-2-4-19(5-3-18)16-32-17-21(14-24(32)33)25(34)30-15-23(31-10-12-35-13-11-31)20-6-8-22(9-7-20)26(27,28)29/h2-9,21,23H,10-17H2,1H3,(H,30,34). The molecule has 2 unspecified atom stereocenters. The number of morpholine rings is 1. The molecule has 0 saturated carbocycles. The van der Waals surface area contributed by atoms with Crippen LogP contribution in [0.25, 0.3) is 0 Å². The fourth-order valence-electron chi connectivity index (χ4n) is 4.60. The zero-order valence-corrected chi connectivity index (χ0v) is 19.7. The lowest BCUT2D eigenvalue weighted by molar-refractivity contribution is -0.137. The normalized spacial score (nSPS) is 20.2. The highest BCUT2D eigenvalue weighted by molar-refractivity contribution is 5.89. The van der Waals surface area contributed by atoms with Gasteiger partial charge in [0.05, 0.1) is 30.7 Å². The molecule has 2 aromatic carbocycles. The molecule has 2 atom stereocenters. The van der Waals surface area contributed by atoms with E-state index in [2.05, 4.69) is 10.2 Å². The van der Waals surface area contributed by atoms with Crippen LogP contribution in [0.2, 0.25) is 0 Å². The maximum absolute atomic E-state index is 13.0. The van der Waals surface area contributed by atoms with Crippen molar-refractivity contribution in [3.8, 4) is 0 Å². The number of hydrogen-bond acceptors (Lipinski definition) is 4. The van der Waals surface area contributed by atoms with Crippen molar-refractivity contribution in [3.05, 3.63) is 70.8 Å². The van der Waals surface area contributed by atoms with Crippen LogP contribution in [0.15, 0.2) is 48.5 Å². The predicted octanol–water partition coefficient (Wildman–Crippen LogP) is 3.55. The Bertz CT molecular complexity index is 1020. The number of nitrogens with zero attached hydrogens (tertiary/aromatic N) is 2. The molecular formula is C26H30F3N3O3. The average Bonchev–Trinajstić information content (AvgIpc) is 3.21. The number of benzene rings is 2. The van der Waals surface area contributed by atoms with Crippen molar-refractivity contribution in [3.63, 3.8) is 0 Å². The molecular weight excluding hydrogens is 459 g/mol. The predicted molar refractivity (Wildman–Crippen MR) is 124 cm³/mol. The summed E-state index contributed by atoms with van der Waals surface area (Å²) in [5.41, 5.74) is 2.15. The number of alkyl halides is 3. The Morgan fingerprint density at radius 1 is 1.09 bits per heavy atom. The van der Waals surface area contributed by atoms with Gasteiger partial charge in [-0.3, -0.25) is 14.5 Å². The lowest BCUT2D eigenvalue weighted by Crippen LogP contribution is -2.45. The van der Waals surface area contributed by atoms with E-state index in [0.29, 0.717) is 45.0 Å². The molecule has 0 aliphatic carbocycles. The van der Waals surface area contributed by atoms with Gasteiger partial charge in [-0.15, -0.1) is 0 Å². The van der Waals surface area contributed by atoms with Crippen LogP contribution < -0.4 is 5.32 Å². The van der Waals surface area contributed by atoms with Gasteiger partial charge in [-0.1, -0.05) is 42.0 Å². The quantitative estimate of drug-likeness (QED) is 0.646. The molecule has 35 heavy (non-hydrogen) atoms. The number of hydrogen-bond donors (Lipinski definition) is 1. The molecule has 188 valence electrons. The van der Waals surface area contributed by atoms with Crippen LogP contribution >= 0.6 is 0 Å². The molecule has 2 aliphatic heterocycles. The second-order valence-corrected chi connectivity index (χ2v) is 9.19. The third-order valence-electron chi connectivity index (χ3n) is 6.66. The molecule has 9 heteroatoms. The number of amides is 2. The smallest absolute Gasteiger partial charge is 0.379 e. The second kappa shape index (κ2) is 10.8. The Balaban J connectivity index is 1.39. The molecule has 0 spiro atoms. The lowest BCUT2D eigenvalue weighted by atomic mass is 10.0. The molecule has 2 aromatic rings. The Hall–Kier alpha value is -2.91. The molecule has 0 radical (unpaired) electrons. The number of halogens is 3. The minimum Gasteiger partial charge on any atom is -0.379 e. The fraction of sp³-hybridized carbons (Fsp3) is 0.462. The van der Waals surface area contributed by atoms with E-state index in [9.17, 15) is 22.8 Å². The van der Waals surface area contributed by atoms with Crippen molar-refractivity contribution in [1.29, 1.82) is 0 Å². The molecule has 6 nitrogen and oxygen atoms in total. The number of ether oxygens (including phenoxy) is 1. The summed E-state index contributed by atoms with van der Waals surface area (Å²) in [5.74, 6) is -0.723. The monoisotopic (exact) mass is 489 g/mol. The number of carbonyl (C=O) groups is 2. The Morgan fingerprint density at radius 2 is 1.74 bits per heavy atom. The Labute approximate surface area is 203 Å². The van der Waals surface area contributed by atoms with Crippen molar-refractivity contribution in [1.82, 2.24) is 15.1 Å². The Morgan fingerprint density at radius 3 is 2.37 bits per heavy atom. The van der Waals surface area contributed by atoms with E-state index in [1.165, 1.54) is 12.1 Å². The number of carbonyl (C=O) groups excluding carboxylic acids is 2.